The summed E-state index contributed by atoms with van der Waals surface area (Å²) >= 11 is 0. The van der Waals surface area contributed by atoms with Gasteiger partial charge in [0.15, 0.2) is 11.6 Å². The zero-order chi connectivity index (χ0) is 15.0. The molecule has 1 aliphatic rings. The molecule has 8 nitrogen and oxygen atoms in total. The van der Waals surface area contributed by atoms with Crippen LogP contribution in [0.4, 0.5) is 11.6 Å². The molecule has 10 heteroatoms. The van der Waals surface area contributed by atoms with E-state index in [9.17, 15) is 16.8 Å². The summed E-state index contributed by atoms with van der Waals surface area (Å²) in [6, 6.07) is 2.89. The van der Waals surface area contributed by atoms with Crippen LogP contribution in [-0.4, -0.2) is 40.4 Å². The zero-order valence-electron chi connectivity index (χ0n) is 11.0. The third-order valence-corrected chi connectivity index (χ3v) is 3.39. The van der Waals surface area contributed by atoms with Crippen molar-refractivity contribution in [2.24, 2.45) is 0 Å². The van der Waals surface area contributed by atoms with Crippen LogP contribution in [-0.2, 0) is 20.0 Å². The Balaban J connectivity index is 2.32. The fourth-order valence-corrected chi connectivity index (χ4v) is 2.39. The number of hydrogen-bond acceptors (Lipinski definition) is 6. The van der Waals surface area contributed by atoms with Crippen LogP contribution in [0.1, 0.15) is 12.8 Å². The van der Waals surface area contributed by atoms with Gasteiger partial charge in [-0.05, 0) is 25.0 Å². The van der Waals surface area contributed by atoms with Crippen molar-refractivity contribution in [2.45, 2.75) is 18.9 Å². The summed E-state index contributed by atoms with van der Waals surface area (Å²) in [7, 11) is -7.04. The van der Waals surface area contributed by atoms with Crippen molar-refractivity contribution in [3.63, 3.8) is 0 Å². The van der Waals surface area contributed by atoms with Gasteiger partial charge in [-0.15, -0.1) is 0 Å². The Morgan fingerprint density at radius 1 is 1.10 bits per heavy atom. The lowest BCUT2D eigenvalue weighted by Crippen LogP contribution is -2.15. The molecule has 0 bridgehead atoms. The molecule has 1 saturated carbocycles. The van der Waals surface area contributed by atoms with E-state index in [0.717, 1.165) is 25.4 Å². The smallest absolute Gasteiger partial charge is 0.231 e. The first-order valence-electron chi connectivity index (χ1n) is 5.76. The number of pyridine rings is 1. The van der Waals surface area contributed by atoms with E-state index < -0.39 is 20.0 Å². The van der Waals surface area contributed by atoms with Crippen LogP contribution >= 0.6 is 0 Å². The molecule has 112 valence electrons. The first kappa shape index (κ1) is 14.9. The normalized spacial score (nSPS) is 15.7. The first-order chi connectivity index (χ1) is 9.12. The zero-order valence-corrected chi connectivity index (χ0v) is 12.6. The van der Waals surface area contributed by atoms with Crippen molar-refractivity contribution in [1.29, 1.82) is 0 Å². The first-order valence-corrected chi connectivity index (χ1v) is 9.54. The number of sulfonamides is 2. The molecule has 0 atom stereocenters. The van der Waals surface area contributed by atoms with Crippen LogP contribution in [0.2, 0.25) is 0 Å². The van der Waals surface area contributed by atoms with E-state index in [1.807, 2.05) is 0 Å². The second kappa shape index (κ2) is 5.09. The van der Waals surface area contributed by atoms with Gasteiger partial charge in [0.05, 0.1) is 18.6 Å². The van der Waals surface area contributed by atoms with Gasteiger partial charge in [-0.2, -0.15) is 0 Å². The molecule has 0 aromatic carbocycles. The SMILES string of the molecule is CS(=O)(=O)Nc1ccc(OC2CC2)c(NS(C)(=O)=O)n1. The predicted molar refractivity (Wildman–Crippen MR) is 74.8 cm³/mol. The van der Waals surface area contributed by atoms with Crippen molar-refractivity contribution >= 4 is 31.7 Å². The molecule has 1 aromatic rings. The van der Waals surface area contributed by atoms with Gasteiger partial charge in [-0.1, -0.05) is 0 Å². The van der Waals surface area contributed by atoms with E-state index in [1.54, 1.807) is 0 Å². The van der Waals surface area contributed by atoms with Gasteiger partial charge in [0.2, 0.25) is 20.0 Å². The average molecular weight is 321 g/mol. The standard InChI is InChI=1S/C10H15N3O5S2/c1-19(14,15)12-9-6-5-8(18-7-3-4-7)10(11-9)13-20(2,16)17/h5-7H,3-4H2,1-2H3,(H2,11,12,13). The van der Waals surface area contributed by atoms with Gasteiger partial charge in [0.1, 0.15) is 5.82 Å². The fourth-order valence-electron chi connectivity index (χ4n) is 1.40. The summed E-state index contributed by atoms with van der Waals surface area (Å²) in [6.45, 7) is 0. The van der Waals surface area contributed by atoms with Crippen LogP contribution in [0, 0.1) is 0 Å². The fraction of sp³-hybridized carbons (Fsp3) is 0.500. The van der Waals surface area contributed by atoms with Gasteiger partial charge in [-0.25, -0.2) is 21.8 Å². The molecule has 2 N–H and O–H groups in total. The maximum atomic E-state index is 11.3. The van der Waals surface area contributed by atoms with Gasteiger partial charge >= 0.3 is 0 Å². The number of rotatable bonds is 6. The molecule has 0 unspecified atom stereocenters. The quantitative estimate of drug-likeness (QED) is 0.782. The highest BCUT2D eigenvalue weighted by Crippen LogP contribution is 2.32. The molecule has 1 fully saturated rings. The topological polar surface area (TPSA) is 114 Å². The minimum Gasteiger partial charge on any atom is -0.487 e. The van der Waals surface area contributed by atoms with Crippen LogP contribution in [0.5, 0.6) is 5.75 Å². The van der Waals surface area contributed by atoms with Crippen molar-refractivity contribution in [2.75, 3.05) is 22.0 Å². The van der Waals surface area contributed by atoms with Crippen molar-refractivity contribution in [3.05, 3.63) is 12.1 Å². The van der Waals surface area contributed by atoms with Crippen LogP contribution in [0.15, 0.2) is 12.1 Å². The molecular formula is C10H15N3O5S2. The lowest BCUT2D eigenvalue weighted by atomic mass is 10.4. The van der Waals surface area contributed by atoms with Gasteiger partial charge in [-0.3, -0.25) is 9.44 Å². The van der Waals surface area contributed by atoms with Crippen LogP contribution in [0.25, 0.3) is 0 Å². The molecular weight excluding hydrogens is 306 g/mol. The largest absolute Gasteiger partial charge is 0.487 e. The minimum absolute atomic E-state index is 0.0156. The van der Waals surface area contributed by atoms with E-state index in [1.165, 1.54) is 12.1 Å². The molecule has 1 heterocycles. The van der Waals surface area contributed by atoms with Crippen LogP contribution < -0.4 is 14.2 Å². The van der Waals surface area contributed by atoms with E-state index in [4.69, 9.17) is 4.74 Å². The molecule has 1 aromatic heterocycles. The summed E-state index contributed by atoms with van der Waals surface area (Å²) in [5.74, 6) is 0.256. The maximum absolute atomic E-state index is 11.3. The minimum atomic E-state index is -3.55. The summed E-state index contributed by atoms with van der Waals surface area (Å²) in [6.07, 6.45) is 3.83. The molecule has 2 rings (SSSR count). The summed E-state index contributed by atoms with van der Waals surface area (Å²) in [4.78, 5) is 3.92. The van der Waals surface area contributed by atoms with E-state index in [2.05, 4.69) is 14.4 Å². The number of nitrogens with zero attached hydrogens (tertiary/aromatic N) is 1. The summed E-state index contributed by atoms with van der Waals surface area (Å²) in [5.41, 5.74) is 0. The Morgan fingerprint density at radius 3 is 2.20 bits per heavy atom. The second-order valence-corrected chi connectivity index (χ2v) is 8.11. The number of anilines is 2. The average Bonchev–Trinajstić information content (AvgIpc) is 3.01. The monoisotopic (exact) mass is 321 g/mol. The van der Waals surface area contributed by atoms with E-state index in [-0.39, 0.29) is 23.5 Å². The molecule has 0 amide bonds. The number of ether oxygens (including phenoxy) is 1. The second-order valence-electron chi connectivity index (χ2n) is 4.61. The Kier molecular flexibility index (Phi) is 3.78. The Bertz CT molecular complexity index is 710. The summed E-state index contributed by atoms with van der Waals surface area (Å²) in [5, 5.41) is 0. The number of hydrogen-bond donors (Lipinski definition) is 2. The van der Waals surface area contributed by atoms with Gasteiger partial charge in [0.25, 0.3) is 0 Å². The number of aromatic nitrogens is 1. The molecule has 0 radical (unpaired) electrons. The molecule has 20 heavy (non-hydrogen) atoms. The van der Waals surface area contributed by atoms with Crippen LogP contribution in [0.3, 0.4) is 0 Å². The third kappa shape index (κ3) is 4.85. The van der Waals surface area contributed by atoms with Crippen molar-refractivity contribution in [3.8, 4) is 5.75 Å². The van der Waals surface area contributed by atoms with Crippen molar-refractivity contribution in [1.82, 2.24) is 4.98 Å². The predicted octanol–water partition coefficient (Wildman–Crippen LogP) is 0.366. The molecule has 0 saturated heterocycles. The molecule has 1 aliphatic carbocycles. The Hall–Kier alpha value is -1.55. The maximum Gasteiger partial charge on any atom is 0.231 e. The number of nitrogens with one attached hydrogen (secondary N) is 2. The highest BCUT2D eigenvalue weighted by molar-refractivity contribution is 7.92. The highest BCUT2D eigenvalue weighted by Gasteiger charge is 2.25. The molecule has 0 spiro atoms. The van der Waals surface area contributed by atoms with Gasteiger partial charge in [0, 0.05) is 0 Å². The molecule has 0 aliphatic heterocycles. The van der Waals surface area contributed by atoms with Gasteiger partial charge < -0.3 is 4.74 Å². The van der Waals surface area contributed by atoms with Crippen molar-refractivity contribution < 1.29 is 21.6 Å². The van der Waals surface area contributed by atoms with E-state index >= 15 is 0 Å². The lowest BCUT2D eigenvalue weighted by molar-refractivity contribution is 0.304. The Labute approximate surface area is 117 Å². The Morgan fingerprint density at radius 2 is 1.70 bits per heavy atom. The van der Waals surface area contributed by atoms with E-state index in [0.29, 0.717) is 0 Å². The highest BCUT2D eigenvalue weighted by atomic mass is 32.2. The summed E-state index contributed by atoms with van der Waals surface area (Å²) < 4.78 is 54.8. The third-order valence-electron chi connectivity index (χ3n) is 2.25. The lowest BCUT2D eigenvalue weighted by Gasteiger charge is -2.12.